The molecule has 0 spiro atoms. The van der Waals surface area contributed by atoms with Crippen LogP contribution in [-0.4, -0.2) is 16.0 Å². The maximum Gasteiger partial charge on any atom is 0.202 e. The first kappa shape index (κ1) is 18.3. The maximum atomic E-state index is 13.2. The van der Waals surface area contributed by atoms with Crippen LogP contribution in [0, 0.1) is 5.82 Å². The van der Waals surface area contributed by atoms with Crippen molar-refractivity contribution in [2.45, 2.75) is 6.92 Å². The molecule has 26 heavy (non-hydrogen) atoms. The summed E-state index contributed by atoms with van der Waals surface area (Å²) in [5.41, 5.74) is 0.961. The molecule has 0 aliphatic carbocycles. The first-order valence-electron chi connectivity index (χ1n) is 7.41. The predicted molar refractivity (Wildman–Crippen MR) is 97.6 cm³/mol. The standard InChI is InChI=1S/C17H12Cl2FN3O3/c1-7(24)14-16(25)10-4-8(18)5-13(23-26)15(10)22-17(14)21-12-3-2-9(20)6-11(12)19/h2-6,23,26H,1H3,(H2,21,22,25)/p+1. The molecule has 6 nitrogen and oxygen atoms in total. The molecule has 0 aliphatic rings. The summed E-state index contributed by atoms with van der Waals surface area (Å²) in [5, 5.41) is 12.7. The van der Waals surface area contributed by atoms with Crippen LogP contribution in [0.3, 0.4) is 0 Å². The lowest BCUT2D eigenvalue weighted by molar-refractivity contribution is -0.824. The molecule has 134 valence electrons. The minimum absolute atomic E-state index is 0.0745. The minimum atomic E-state index is -0.558. The number of hydrogen-bond donors (Lipinski definition) is 4. The number of Topliss-reactive ketones (excluding diaryl/α,β-unsaturated/α-hetero) is 1. The van der Waals surface area contributed by atoms with Crippen molar-refractivity contribution in [3.8, 4) is 0 Å². The Morgan fingerprint density at radius 3 is 2.62 bits per heavy atom. The quantitative estimate of drug-likeness (QED) is 0.308. The van der Waals surface area contributed by atoms with Gasteiger partial charge >= 0.3 is 0 Å². The molecule has 0 radical (unpaired) electrons. The van der Waals surface area contributed by atoms with Gasteiger partial charge in [0.05, 0.1) is 16.1 Å². The van der Waals surface area contributed by atoms with Crippen LogP contribution in [0.5, 0.6) is 0 Å². The summed E-state index contributed by atoms with van der Waals surface area (Å²) in [4.78, 5) is 27.8. The Morgan fingerprint density at radius 1 is 1.27 bits per heavy atom. The SMILES string of the molecule is CC(=O)c1c(Nc2ccc(F)cc2Cl)[nH]c2c([NH2+]O)cc(Cl)cc2c1=O. The number of ketones is 1. The van der Waals surface area contributed by atoms with Crippen molar-refractivity contribution in [2.75, 3.05) is 5.32 Å². The number of carbonyl (C=O) groups is 1. The fraction of sp³-hybridized carbons (Fsp3) is 0.0588. The van der Waals surface area contributed by atoms with E-state index in [-0.39, 0.29) is 38.0 Å². The van der Waals surface area contributed by atoms with E-state index in [1.165, 1.54) is 31.2 Å². The number of rotatable bonds is 4. The summed E-state index contributed by atoms with van der Waals surface area (Å²) >= 11 is 12.0. The molecule has 0 fully saturated rings. The third-order valence-corrected chi connectivity index (χ3v) is 4.32. The molecule has 5 N–H and O–H groups in total. The fourth-order valence-electron chi connectivity index (χ4n) is 2.64. The highest BCUT2D eigenvalue weighted by Gasteiger charge is 2.20. The van der Waals surface area contributed by atoms with Gasteiger partial charge in [-0.3, -0.25) is 9.59 Å². The van der Waals surface area contributed by atoms with E-state index in [1.807, 2.05) is 0 Å². The number of aromatic amines is 1. The number of nitrogens with one attached hydrogen (secondary N) is 2. The highest BCUT2D eigenvalue weighted by molar-refractivity contribution is 6.33. The van der Waals surface area contributed by atoms with Crippen molar-refractivity contribution < 1.29 is 19.9 Å². The molecule has 1 heterocycles. The maximum absolute atomic E-state index is 13.2. The van der Waals surface area contributed by atoms with Crippen molar-refractivity contribution in [1.29, 1.82) is 0 Å². The lowest BCUT2D eigenvalue weighted by Crippen LogP contribution is -2.73. The van der Waals surface area contributed by atoms with Crippen LogP contribution in [0.15, 0.2) is 35.1 Å². The molecule has 3 aromatic rings. The zero-order valence-corrected chi connectivity index (χ0v) is 14.9. The number of anilines is 2. The van der Waals surface area contributed by atoms with Crippen molar-refractivity contribution >= 4 is 57.1 Å². The largest absolute Gasteiger partial charge is 0.340 e. The van der Waals surface area contributed by atoms with Gasteiger partial charge in [-0.25, -0.2) is 9.60 Å². The van der Waals surface area contributed by atoms with Crippen molar-refractivity contribution in [3.05, 3.63) is 62.0 Å². The van der Waals surface area contributed by atoms with Crippen LogP contribution in [0.2, 0.25) is 10.0 Å². The van der Waals surface area contributed by atoms with E-state index in [4.69, 9.17) is 23.2 Å². The van der Waals surface area contributed by atoms with Gasteiger partial charge in [-0.1, -0.05) is 23.2 Å². The first-order valence-corrected chi connectivity index (χ1v) is 8.17. The molecule has 9 heteroatoms. The number of benzene rings is 2. The predicted octanol–water partition coefficient (Wildman–Crippen LogP) is 3.50. The first-order chi connectivity index (χ1) is 12.3. The van der Waals surface area contributed by atoms with Crippen molar-refractivity contribution in [1.82, 2.24) is 4.98 Å². The molecule has 0 amide bonds. The number of nitrogens with two attached hydrogens (primary N) is 1. The summed E-state index contributed by atoms with van der Waals surface area (Å²) < 4.78 is 13.2. The zero-order valence-electron chi connectivity index (χ0n) is 13.4. The van der Waals surface area contributed by atoms with Gasteiger partial charge in [0.2, 0.25) is 5.43 Å². The Labute approximate surface area is 156 Å². The number of pyridine rings is 1. The van der Waals surface area contributed by atoms with E-state index in [9.17, 15) is 19.2 Å². The average Bonchev–Trinajstić information content (AvgIpc) is 2.57. The average molecular weight is 397 g/mol. The molecule has 0 bridgehead atoms. The van der Waals surface area contributed by atoms with Crippen LogP contribution >= 0.6 is 23.2 Å². The van der Waals surface area contributed by atoms with E-state index >= 15 is 0 Å². The van der Waals surface area contributed by atoms with Gasteiger partial charge in [0.15, 0.2) is 11.5 Å². The van der Waals surface area contributed by atoms with Crippen LogP contribution in [0.25, 0.3) is 10.9 Å². The van der Waals surface area contributed by atoms with Gasteiger partial charge in [0, 0.05) is 11.1 Å². The van der Waals surface area contributed by atoms with Gasteiger partial charge in [0.25, 0.3) is 0 Å². The van der Waals surface area contributed by atoms with E-state index in [0.717, 1.165) is 11.5 Å². The number of halogens is 3. The smallest absolute Gasteiger partial charge is 0.202 e. The molecule has 1 aromatic heterocycles. The summed E-state index contributed by atoms with van der Waals surface area (Å²) in [6.45, 7) is 1.25. The molecule has 0 unspecified atom stereocenters. The molecule has 0 saturated carbocycles. The molecule has 2 aromatic carbocycles. The molecular weight excluding hydrogens is 384 g/mol. The number of fused-ring (bicyclic) bond motifs is 1. The summed E-state index contributed by atoms with van der Waals surface area (Å²) in [7, 11) is 0. The monoisotopic (exact) mass is 396 g/mol. The van der Waals surface area contributed by atoms with Crippen molar-refractivity contribution in [3.63, 3.8) is 0 Å². The molecule has 0 aliphatic heterocycles. The summed E-state index contributed by atoms with van der Waals surface area (Å²) in [5.74, 6) is -0.927. The zero-order chi connectivity index (χ0) is 19.0. The number of hydrogen-bond acceptors (Lipinski definition) is 4. The summed E-state index contributed by atoms with van der Waals surface area (Å²) in [6, 6.07) is 6.54. The lowest BCUT2D eigenvalue weighted by Gasteiger charge is -2.13. The van der Waals surface area contributed by atoms with Gasteiger partial charge in [-0.05, 0) is 31.2 Å². The van der Waals surface area contributed by atoms with Gasteiger partial charge in [-0.2, -0.15) is 5.48 Å². The Kier molecular flexibility index (Phi) is 4.97. The number of quaternary nitrogens is 1. The highest BCUT2D eigenvalue weighted by atomic mass is 35.5. The Morgan fingerprint density at radius 2 is 2.00 bits per heavy atom. The number of carbonyl (C=O) groups excluding carboxylic acids is 1. The number of aromatic nitrogens is 1. The second-order valence-corrected chi connectivity index (χ2v) is 6.40. The normalized spacial score (nSPS) is 11.0. The van der Waals surface area contributed by atoms with E-state index in [1.54, 1.807) is 0 Å². The third kappa shape index (κ3) is 3.30. The van der Waals surface area contributed by atoms with Gasteiger partial charge in [0.1, 0.15) is 22.7 Å². The van der Waals surface area contributed by atoms with E-state index in [2.05, 4.69) is 10.3 Å². The van der Waals surface area contributed by atoms with Gasteiger partial charge in [-0.15, -0.1) is 0 Å². The second kappa shape index (κ2) is 7.05. The van der Waals surface area contributed by atoms with Crippen LogP contribution in [0.1, 0.15) is 17.3 Å². The third-order valence-electron chi connectivity index (χ3n) is 3.79. The molecule has 0 saturated heterocycles. The highest BCUT2D eigenvalue weighted by Crippen LogP contribution is 2.29. The number of H-pyrrole nitrogens is 1. The van der Waals surface area contributed by atoms with Gasteiger partial charge < -0.3 is 10.3 Å². The lowest BCUT2D eigenvalue weighted by atomic mass is 10.1. The second-order valence-electron chi connectivity index (χ2n) is 5.56. The van der Waals surface area contributed by atoms with Crippen LogP contribution in [0.4, 0.5) is 21.6 Å². The minimum Gasteiger partial charge on any atom is -0.340 e. The van der Waals surface area contributed by atoms with Crippen LogP contribution in [-0.2, 0) is 0 Å². The Bertz CT molecular complexity index is 1100. The van der Waals surface area contributed by atoms with E-state index < -0.39 is 17.0 Å². The van der Waals surface area contributed by atoms with Crippen LogP contribution < -0.4 is 16.2 Å². The topological polar surface area (TPSA) is 98.8 Å². The fourth-order valence-corrected chi connectivity index (χ4v) is 3.08. The molecule has 0 atom stereocenters. The van der Waals surface area contributed by atoms with Crippen molar-refractivity contribution in [2.24, 2.45) is 0 Å². The Balaban J connectivity index is 2.30. The molecular formula is C17H13Cl2FN3O3+. The Hall–Kier alpha value is -2.45. The summed E-state index contributed by atoms with van der Waals surface area (Å²) in [6.07, 6.45) is 0. The van der Waals surface area contributed by atoms with E-state index in [0.29, 0.717) is 5.69 Å². The molecule has 3 rings (SSSR count).